The van der Waals surface area contributed by atoms with Crippen molar-refractivity contribution in [3.63, 3.8) is 0 Å². The first-order valence-corrected chi connectivity index (χ1v) is 8.22. The molecule has 142 valence electrons. The number of rotatable bonds is 8. The van der Waals surface area contributed by atoms with Crippen LogP contribution < -0.4 is 15.4 Å². The topological polar surface area (TPSA) is 63.5 Å². The van der Waals surface area contributed by atoms with Crippen LogP contribution >= 0.6 is 0 Å². The molecule has 2 rings (SSSR count). The monoisotopic (exact) mass is 369 g/mol. The van der Waals surface area contributed by atoms with Gasteiger partial charge in [0.05, 0.1) is 12.9 Å². The van der Waals surface area contributed by atoms with E-state index in [0.717, 1.165) is 18.7 Å². The Labute approximate surface area is 150 Å². The van der Waals surface area contributed by atoms with Crippen molar-refractivity contribution in [3.05, 3.63) is 48.5 Å². The molecule has 0 saturated heterocycles. The Bertz CT molecular complexity index is 669. The molecule has 0 aliphatic rings. The summed E-state index contributed by atoms with van der Waals surface area (Å²) in [5.41, 5.74) is 0.871. The van der Waals surface area contributed by atoms with Crippen molar-refractivity contribution < 1.29 is 17.9 Å². The van der Waals surface area contributed by atoms with Crippen LogP contribution in [-0.2, 0) is 13.1 Å². The molecule has 0 saturated carbocycles. The molecule has 26 heavy (non-hydrogen) atoms. The van der Waals surface area contributed by atoms with Gasteiger partial charge in [0.2, 0.25) is 0 Å². The normalized spacial score (nSPS) is 12.1. The van der Waals surface area contributed by atoms with Gasteiger partial charge in [-0.15, -0.1) is 0 Å². The lowest BCUT2D eigenvalue weighted by Crippen LogP contribution is -2.38. The summed E-state index contributed by atoms with van der Waals surface area (Å²) in [6, 6.07) is 6.42. The van der Waals surface area contributed by atoms with Crippen LogP contribution in [0.25, 0.3) is 0 Å². The van der Waals surface area contributed by atoms with E-state index in [-0.39, 0.29) is 5.75 Å². The number of benzene rings is 1. The zero-order valence-electron chi connectivity index (χ0n) is 14.5. The van der Waals surface area contributed by atoms with Gasteiger partial charge in [-0.3, -0.25) is 0 Å². The average molecular weight is 369 g/mol. The number of nitrogens with zero attached hydrogens (tertiary/aromatic N) is 3. The molecular formula is C17H22F3N5O. The first-order chi connectivity index (χ1) is 12.5. The van der Waals surface area contributed by atoms with Gasteiger partial charge in [-0.05, 0) is 24.6 Å². The van der Waals surface area contributed by atoms with E-state index in [9.17, 15) is 13.2 Å². The predicted octanol–water partition coefficient (Wildman–Crippen LogP) is 2.58. The predicted molar refractivity (Wildman–Crippen MR) is 93.0 cm³/mol. The standard InChI is InChI=1S/C17H22F3N5O/c1-2-22-16(23-8-10-25-9-7-21-13-25)24-11-14-3-5-15(6-4-14)26-12-17(18,19)20/h3-7,9,13H,2,8,10-12H2,1H3,(H2,22,23,24). The van der Waals surface area contributed by atoms with Gasteiger partial charge in [0.25, 0.3) is 0 Å². The summed E-state index contributed by atoms with van der Waals surface area (Å²) in [6.45, 7) is 3.25. The van der Waals surface area contributed by atoms with Gasteiger partial charge in [-0.1, -0.05) is 12.1 Å². The molecule has 2 aromatic rings. The Morgan fingerprint density at radius 1 is 1.23 bits per heavy atom. The van der Waals surface area contributed by atoms with Crippen LogP contribution in [0.4, 0.5) is 13.2 Å². The first kappa shape index (κ1) is 19.6. The van der Waals surface area contributed by atoms with Gasteiger partial charge >= 0.3 is 6.18 Å². The lowest BCUT2D eigenvalue weighted by atomic mass is 10.2. The molecule has 0 fully saturated rings. The maximum absolute atomic E-state index is 12.1. The molecule has 0 unspecified atom stereocenters. The Morgan fingerprint density at radius 2 is 2.00 bits per heavy atom. The third-order valence-corrected chi connectivity index (χ3v) is 3.31. The average Bonchev–Trinajstić information content (AvgIpc) is 3.11. The Kier molecular flexibility index (Phi) is 7.31. The van der Waals surface area contributed by atoms with E-state index in [1.165, 1.54) is 12.1 Å². The lowest BCUT2D eigenvalue weighted by Gasteiger charge is -2.12. The smallest absolute Gasteiger partial charge is 0.422 e. The Hall–Kier alpha value is -2.71. The van der Waals surface area contributed by atoms with Gasteiger partial charge < -0.3 is 19.9 Å². The number of aliphatic imine (C=N–C) groups is 1. The molecule has 0 amide bonds. The highest BCUT2D eigenvalue weighted by Crippen LogP contribution is 2.19. The molecule has 1 aromatic heterocycles. The van der Waals surface area contributed by atoms with Gasteiger partial charge in [-0.25, -0.2) is 9.98 Å². The summed E-state index contributed by atoms with van der Waals surface area (Å²) in [5.74, 6) is 0.852. The van der Waals surface area contributed by atoms with Gasteiger partial charge in [0.15, 0.2) is 12.6 Å². The lowest BCUT2D eigenvalue weighted by molar-refractivity contribution is -0.153. The van der Waals surface area contributed by atoms with Gasteiger partial charge in [0, 0.05) is 32.0 Å². The van der Waals surface area contributed by atoms with E-state index in [2.05, 4.69) is 25.3 Å². The minimum atomic E-state index is -4.34. The molecule has 0 atom stereocenters. The van der Waals surface area contributed by atoms with Crippen LogP contribution in [0.15, 0.2) is 48.0 Å². The molecule has 0 aliphatic carbocycles. The summed E-state index contributed by atoms with van der Waals surface area (Å²) in [4.78, 5) is 8.45. The highest BCUT2D eigenvalue weighted by Gasteiger charge is 2.28. The maximum Gasteiger partial charge on any atom is 0.422 e. The van der Waals surface area contributed by atoms with Crippen LogP contribution in [0, 0.1) is 0 Å². The van der Waals surface area contributed by atoms with Crippen molar-refractivity contribution in [3.8, 4) is 5.75 Å². The van der Waals surface area contributed by atoms with Gasteiger partial charge in [0.1, 0.15) is 5.75 Å². The molecule has 0 spiro atoms. The molecule has 0 bridgehead atoms. The van der Waals surface area contributed by atoms with Crippen LogP contribution in [0.5, 0.6) is 5.75 Å². The third-order valence-electron chi connectivity index (χ3n) is 3.31. The number of ether oxygens (including phenoxy) is 1. The Morgan fingerprint density at radius 3 is 2.62 bits per heavy atom. The number of hydrogen-bond donors (Lipinski definition) is 2. The second-order valence-corrected chi connectivity index (χ2v) is 5.47. The van der Waals surface area contributed by atoms with Crippen molar-refractivity contribution in [1.82, 2.24) is 20.2 Å². The van der Waals surface area contributed by atoms with Crippen molar-refractivity contribution in [1.29, 1.82) is 0 Å². The second kappa shape index (κ2) is 9.69. The van der Waals surface area contributed by atoms with Crippen LogP contribution in [0.1, 0.15) is 12.5 Å². The van der Waals surface area contributed by atoms with E-state index in [1.54, 1.807) is 24.7 Å². The number of hydrogen-bond acceptors (Lipinski definition) is 3. The largest absolute Gasteiger partial charge is 0.484 e. The number of aromatic nitrogens is 2. The summed E-state index contributed by atoms with van der Waals surface area (Å²) in [7, 11) is 0. The fourth-order valence-corrected chi connectivity index (χ4v) is 2.09. The van der Waals surface area contributed by atoms with E-state index in [1.807, 2.05) is 17.7 Å². The summed E-state index contributed by atoms with van der Waals surface area (Å²) in [6.07, 6.45) is 1.01. The van der Waals surface area contributed by atoms with Crippen molar-refractivity contribution >= 4 is 5.96 Å². The van der Waals surface area contributed by atoms with Crippen LogP contribution in [-0.4, -0.2) is 41.4 Å². The number of imidazole rings is 1. The molecule has 2 N–H and O–H groups in total. The van der Waals surface area contributed by atoms with Crippen LogP contribution in [0.2, 0.25) is 0 Å². The molecule has 0 aliphatic heterocycles. The molecular weight excluding hydrogens is 347 g/mol. The number of nitrogens with one attached hydrogen (secondary N) is 2. The van der Waals surface area contributed by atoms with Crippen molar-refractivity contribution in [2.24, 2.45) is 4.99 Å². The van der Waals surface area contributed by atoms with Crippen LogP contribution in [0.3, 0.4) is 0 Å². The summed E-state index contributed by atoms with van der Waals surface area (Å²) < 4.78 is 43.0. The summed E-state index contributed by atoms with van der Waals surface area (Å²) in [5, 5.41) is 6.36. The molecule has 6 nitrogen and oxygen atoms in total. The van der Waals surface area contributed by atoms with E-state index in [0.29, 0.717) is 19.0 Å². The third kappa shape index (κ3) is 7.45. The minimum absolute atomic E-state index is 0.181. The van der Waals surface area contributed by atoms with Crippen molar-refractivity contribution in [2.75, 3.05) is 19.7 Å². The van der Waals surface area contributed by atoms with Crippen molar-refractivity contribution in [2.45, 2.75) is 26.2 Å². The molecule has 0 radical (unpaired) electrons. The zero-order valence-corrected chi connectivity index (χ0v) is 14.5. The number of guanidine groups is 1. The molecule has 9 heteroatoms. The van der Waals surface area contributed by atoms with E-state index >= 15 is 0 Å². The first-order valence-electron chi connectivity index (χ1n) is 8.22. The molecule has 1 aromatic carbocycles. The quantitative estimate of drug-likeness (QED) is 0.555. The van der Waals surface area contributed by atoms with Gasteiger partial charge in [-0.2, -0.15) is 13.2 Å². The zero-order chi connectivity index (χ0) is 18.8. The second-order valence-electron chi connectivity index (χ2n) is 5.47. The number of alkyl halides is 3. The number of halogens is 3. The molecule has 1 heterocycles. The fourth-order valence-electron chi connectivity index (χ4n) is 2.09. The maximum atomic E-state index is 12.1. The minimum Gasteiger partial charge on any atom is -0.484 e. The summed E-state index contributed by atoms with van der Waals surface area (Å²) >= 11 is 0. The van der Waals surface area contributed by atoms with E-state index < -0.39 is 12.8 Å². The van der Waals surface area contributed by atoms with E-state index in [4.69, 9.17) is 0 Å². The highest BCUT2D eigenvalue weighted by atomic mass is 19.4. The Balaban J connectivity index is 1.83. The highest BCUT2D eigenvalue weighted by molar-refractivity contribution is 5.79. The SMILES string of the molecule is CCNC(=NCc1ccc(OCC(F)(F)F)cc1)NCCn1ccnc1. The fraction of sp³-hybridized carbons (Fsp3) is 0.412.